The van der Waals surface area contributed by atoms with Crippen LogP contribution in [0.1, 0.15) is 6.42 Å². The van der Waals surface area contributed by atoms with Gasteiger partial charge in [0.15, 0.2) is 11.5 Å². The molecule has 0 fully saturated rings. The molecule has 0 atom stereocenters. The summed E-state index contributed by atoms with van der Waals surface area (Å²) in [5.74, 6) is -0.572. The highest BCUT2D eigenvalue weighted by molar-refractivity contribution is 7.89. The van der Waals surface area contributed by atoms with Crippen molar-refractivity contribution < 1.29 is 27.8 Å². The van der Waals surface area contributed by atoms with Crippen molar-refractivity contribution in [1.82, 2.24) is 4.31 Å². The van der Waals surface area contributed by atoms with Crippen LogP contribution < -0.4 is 9.47 Å². The van der Waals surface area contributed by atoms with Crippen LogP contribution in [-0.4, -0.2) is 51.6 Å². The second-order valence-electron chi connectivity index (χ2n) is 4.11. The molecule has 0 heterocycles. The molecule has 1 aromatic carbocycles. The molecule has 21 heavy (non-hydrogen) atoms. The maximum atomic E-state index is 12.4. The number of hydrogen-bond acceptors (Lipinski definition) is 5. The number of methoxy groups -OCH3 is 2. The van der Waals surface area contributed by atoms with E-state index in [9.17, 15) is 13.2 Å². The van der Waals surface area contributed by atoms with Crippen LogP contribution >= 0.6 is 11.6 Å². The number of sulfonamides is 1. The van der Waals surface area contributed by atoms with Crippen LogP contribution in [0.4, 0.5) is 0 Å². The zero-order valence-corrected chi connectivity index (χ0v) is 13.4. The van der Waals surface area contributed by atoms with Gasteiger partial charge in [0.05, 0.1) is 25.7 Å². The first kappa shape index (κ1) is 17.5. The molecule has 0 radical (unpaired) electrons. The summed E-state index contributed by atoms with van der Waals surface area (Å²) in [4.78, 5) is 10.4. The van der Waals surface area contributed by atoms with Crippen LogP contribution in [-0.2, 0) is 14.8 Å². The van der Waals surface area contributed by atoms with Gasteiger partial charge in [0, 0.05) is 25.7 Å². The fourth-order valence-electron chi connectivity index (χ4n) is 1.57. The summed E-state index contributed by atoms with van der Waals surface area (Å²) in [6, 6.07) is 2.58. The van der Waals surface area contributed by atoms with E-state index in [4.69, 9.17) is 26.2 Å². The van der Waals surface area contributed by atoms with Crippen molar-refractivity contribution in [2.24, 2.45) is 0 Å². The summed E-state index contributed by atoms with van der Waals surface area (Å²) in [7, 11) is 0.138. The second kappa shape index (κ2) is 6.97. The van der Waals surface area contributed by atoms with Crippen LogP contribution in [0.25, 0.3) is 0 Å². The largest absolute Gasteiger partial charge is 0.493 e. The van der Waals surface area contributed by atoms with Crippen LogP contribution in [0.15, 0.2) is 17.0 Å². The molecule has 0 bridgehead atoms. The van der Waals surface area contributed by atoms with Gasteiger partial charge in [-0.15, -0.1) is 0 Å². The van der Waals surface area contributed by atoms with Gasteiger partial charge in [0.25, 0.3) is 0 Å². The average Bonchev–Trinajstić information content (AvgIpc) is 2.43. The molecular weight excluding hydrogens is 322 g/mol. The van der Waals surface area contributed by atoms with Gasteiger partial charge in [-0.3, -0.25) is 4.79 Å². The summed E-state index contributed by atoms with van der Waals surface area (Å²) < 4.78 is 35.8. The lowest BCUT2D eigenvalue weighted by molar-refractivity contribution is -0.137. The Labute approximate surface area is 128 Å². The van der Waals surface area contributed by atoms with E-state index in [2.05, 4.69) is 0 Å². The number of nitrogens with zero attached hydrogens (tertiary/aromatic N) is 1. The second-order valence-corrected chi connectivity index (χ2v) is 6.53. The highest BCUT2D eigenvalue weighted by Gasteiger charge is 2.26. The Kier molecular flexibility index (Phi) is 5.82. The highest BCUT2D eigenvalue weighted by Crippen LogP contribution is 2.36. The van der Waals surface area contributed by atoms with Crippen LogP contribution in [0.5, 0.6) is 11.5 Å². The molecule has 0 amide bonds. The van der Waals surface area contributed by atoms with E-state index in [0.717, 1.165) is 4.31 Å². The van der Waals surface area contributed by atoms with Crippen molar-refractivity contribution in [1.29, 1.82) is 0 Å². The summed E-state index contributed by atoms with van der Waals surface area (Å²) >= 11 is 5.97. The fraction of sp³-hybridized carbons (Fsp3) is 0.417. The molecule has 0 saturated heterocycles. The third-order valence-electron chi connectivity index (χ3n) is 2.77. The third-order valence-corrected chi connectivity index (χ3v) is 5.09. The van der Waals surface area contributed by atoms with E-state index < -0.39 is 16.0 Å². The first-order valence-corrected chi connectivity index (χ1v) is 7.65. The molecule has 0 spiro atoms. The zero-order valence-electron chi connectivity index (χ0n) is 11.8. The Morgan fingerprint density at radius 3 is 2.29 bits per heavy atom. The predicted octanol–water partition coefficient (Wildman–Crippen LogP) is 1.45. The maximum absolute atomic E-state index is 12.4. The van der Waals surface area contributed by atoms with Crippen LogP contribution in [0.2, 0.25) is 5.02 Å². The van der Waals surface area contributed by atoms with Crippen molar-refractivity contribution in [3.63, 3.8) is 0 Å². The number of hydrogen-bond donors (Lipinski definition) is 1. The molecule has 0 aliphatic heterocycles. The molecule has 0 aliphatic rings. The van der Waals surface area contributed by atoms with Crippen molar-refractivity contribution in [2.45, 2.75) is 11.3 Å². The Hall–Kier alpha value is -1.51. The summed E-state index contributed by atoms with van der Waals surface area (Å²) in [6.45, 7) is -0.164. The van der Waals surface area contributed by atoms with Gasteiger partial charge in [-0.1, -0.05) is 11.6 Å². The third kappa shape index (κ3) is 3.99. The topological polar surface area (TPSA) is 93.1 Å². The van der Waals surface area contributed by atoms with Gasteiger partial charge >= 0.3 is 5.97 Å². The maximum Gasteiger partial charge on any atom is 0.304 e. The number of carboxylic acids is 1. The highest BCUT2D eigenvalue weighted by atomic mass is 35.5. The lowest BCUT2D eigenvalue weighted by Crippen LogP contribution is -2.29. The quantitative estimate of drug-likeness (QED) is 0.809. The van der Waals surface area contributed by atoms with E-state index in [0.29, 0.717) is 5.75 Å². The minimum Gasteiger partial charge on any atom is -0.493 e. The van der Waals surface area contributed by atoms with Gasteiger partial charge in [-0.05, 0) is 0 Å². The van der Waals surface area contributed by atoms with Crippen LogP contribution in [0.3, 0.4) is 0 Å². The minimum absolute atomic E-state index is 0.0326. The first-order chi connectivity index (χ1) is 9.73. The summed E-state index contributed by atoms with van der Waals surface area (Å²) in [5.41, 5.74) is 0. The molecule has 1 rings (SSSR count). The average molecular weight is 338 g/mol. The van der Waals surface area contributed by atoms with E-state index in [1.165, 1.54) is 33.4 Å². The Balaban J connectivity index is 3.22. The number of benzene rings is 1. The Morgan fingerprint density at radius 1 is 1.29 bits per heavy atom. The fourth-order valence-corrected chi connectivity index (χ4v) is 3.25. The first-order valence-electron chi connectivity index (χ1n) is 5.83. The van der Waals surface area contributed by atoms with Gasteiger partial charge in [-0.25, -0.2) is 12.7 Å². The predicted molar refractivity (Wildman–Crippen MR) is 76.6 cm³/mol. The number of carbonyl (C=O) groups is 1. The monoisotopic (exact) mass is 337 g/mol. The minimum atomic E-state index is -3.92. The van der Waals surface area contributed by atoms with Crippen LogP contribution in [0, 0.1) is 0 Å². The number of ether oxygens (including phenoxy) is 2. The number of aliphatic carboxylic acids is 1. The summed E-state index contributed by atoms with van der Waals surface area (Å²) in [6.07, 6.45) is -0.305. The number of rotatable bonds is 7. The van der Waals surface area contributed by atoms with Crippen molar-refractivity contribution in [3.8, 4) is 11.5 Å². The Morgan fingerprint density at radius 2 is 1.81 bits per heavy atom. The standard InChI is InChI=1S/C12H16ClNO6S/c1-14(5-4-12(15)16)21(17,18)11-7-10(20-3)9(19-2)6-8(11)13/h6-7H,4-5H2,1-3H3,(H,15,16). The lowest BCUT2D eigenvalue weighted by Gasteiger charge is -2.18. The molecule has 0 saturated carbocycles. The molecule has 7 nitrogen and oxygen atoms in total. The van der Waals surface area contributed by atoms with E-state index in [-0.39, 0.29) is 28.6 Å². The lowest BCUT2D eigenvalue weighted by atomic mass is 10.3. The molecular formula is C12H16ClNO6S. The van der Waals surface area contributed by atoms with Gasteiger partial charge in [0.2, 0.25) is 10.0 Å². The van der Waals surface area contributed by atoms with Crippen molar-refractivity contribution >= 4 is 27.6 Å². The molecule has 0 unspecified atom stereocenters. The smallest absolute Gasteiger partial charge is 0.304 e. The molecule has 9 heteroatoms. The normalized spacial score (nSPS) is 11.5. The number of halogens is 1. The summed E-state index contributed by atoms with van der Waals surface area (Å²) in [5, 5.41) is 8.59. The van der Waals surface area contributed by atoms with E-state index >= 15 is 0 Å². The van der Waals surface area contributed by atoms with Gasteiger partial charge in [-0.2, -0.15) is 0 Å². The van der Waals surface area contributed by atoms with Crippen molar-refractivity contribution in [3.05, 3.63) is 17.2 Å². The number of carboxylic acid groups (broad SMARTS) is 1. The molecule has 0 aromatic heterocycles. The van der Waals surface area contributed by atoms with Gasteiger partial charge in [0.1, 0.15) is 4.90 Å². The van der Waals surface area contributed by atoms with Gasteiger partial charge < -0.3 is 14.6 Å². The Bertz CT molecular complexity index is 631. The molecule has 0 aliphatic carbocycles. The molecule has 1 aromatic rings. The molecule has 1 N–H and O–H groups in total. The zero-order chi connectivity index (χ0) is 16.2. The molecule has 118 valence electrons. The van der Waals surface area contributed by atoms with E-state index in [1.54, 1.807) is 0 Å². The van der Waals surface area contributed by atoms with Crippen molar-refractivity contribution in [2.75, 3.05) is 27.8 Å². The SMILES string of the molecule is COc1cc(Cl)c(S(=O)(=O)N(C)CCC(=O)O)cc1OC. The van der Waals surface area contributed by atoms with E-state index in [1.807, 2.05) is 0 Å².